The third-order valence-electron chi connectivity index (χ3n) is 8.71. The van der Waals surface area contributed by atoms with Crippen LogP contribution in [0.15, 0.2) is 48.6 Å². The number of rotatable bonds is 39. The summed E-state index contributed by atoms with van der Waals surface area (Å²) in [4.78, 5) is 34.9. The van der Waals surface area contributed by atoms with Gasteiger partial charge in [0.25, 0.3) is 0 Å². The van der Waals surface area contributed by atoms with Gasteiger partial charge in [0.2, 0.25) is 0 Å². The number of phosphoric acid groups is 1. The number of hydrogen-bond donors (Lipinski definition) is 3. The smallest absolute Gasteiger partial charge is 0.462 e. The molecule has 0 aromatic rings. The lowest BCUT2D eigenvalue weighted by Gasteiger charge is -2.20. The number of esters is 2. The summed E-state index contributed by atoms with van der Waals surface area (Å²) >= 11 is 0. The van der Waals surface area contributed by atoms with Crippen molar-refractivity contribution in [1.29, 1.82) is 0 Å². The van der Waals surface area contributed by atoms with E-state index in [2.05, 4.69) is 60.9 Å². The molecule has 0 aliphatic heterocycles. The van der Waals surface area contributed by atoms with Crippen LogP contribution in [0.2, 0.25) is 0 Å². The highest BCUT2D eigenvalue weighted by molar-refractivity contribution is 7.47. The van der Waals surface area contributed by atoms with Gasteiger partial charge in [-0.15, -0.1) is 0 Å². The second-order valence-electron chi connectivity index (χ2n) is 14.0. The van der Waals surface area contributed by atoms with Gasteiger partial charge < -0.3 is 24.6 Å². The molecule has 0 aromatic carbocycles. The van der Waals surface area contributed by atoms with Gasteiger partial charge in [0, 0.05) is 12.8 Å². The van der Waals surface area contributed by atoms with Crippen molar-refractivity contribution >= 4 is 19.8 Å². The van der Waals surface area contributed by atoms with Gasteiger partial charge in [-0.2, -0.15) is 0 Å². The van der Waals surface area contributed by atoms with Crippen LogP contribution in [0, 0.1) is 0 Å². The zero-order valence-electron chi connectivity index (χ0n) is 33.9. The second-order valence-corrected chi connectivity index (χ2v) is 15.5. The van der Waals surface area contributed by atoms with E-state index in [0.29, 0.717) is 19.3 Å². The van der Waals surface area contributed by atoms with Crippen molar-refractivity contribution in [2.75, 3.05) is 26.4 Å². The highest BCUT2D eigenvalue weighted by Gasteiger charge is 2.27. The number of aliphatic hydroxyl groups excluding tert-OH is 2. The van der Waals surface area contributed by atoms with Crippen molar-refractivity contribution in [2.45, 2.75) is 187 Å². The van der Waals surface area contributed by atoms with Crippen LogP contribution in [-0.4, -0.2) is 65.7 Å². The van der Waals surface area contributed by atoms with Gasteiger partial charge in [0.05, 0.1) is 19.8 Å². The van der Waals surface area contributed by atoms with Crippen LogP contribution in [0.5, 0.6) is 0 Å². The summed E-state index contributed by atoms with van der Waals surface area (Å²) in [5.41, 5.74) is 0. The van der Waals surface area contributed by atoms with Crippen LogP contribution >= 0.6 is 7.82 Å². The molecule has 1 unspecified atom stereocenters. The summed E-state index contributed by atoms with van der Waals surface area (Å²) in [6.45, 7) is 2.27. The van der Waals surface area contributed by atoms with Gasteiger partial charge in [-0.05, 0) is 64.2 Å². The average Bonchev–Trinajstić information content (AvgIpc) is 3.16. The number of carbonyl (C=O) groups excluding carboxylic acids is 2. The molecule has 54 heavy (non-hydrogen) atoms. The number of aliphatic hydroxyl groups is 2. The van der Waals surface area contributed by atoms with E-state index in [1.54, 1.807) is 0 Å². The molecule has 0 amide bonds. The first-order valence-corrected chi connectivity index (χ1v) is 22.6. The Bertz CT molecular complexity index is 1040. The van der Waals surface area contributed by atoms with Crippen molar-refractivity contribution in [3.63, 3.8) is 0 Å². The van der Waals surface area contributed by atoms with Gasteiger partial charge >= 0.3 is 19.8 Å². The lowest BCUT2D eigenvalue weighted by Crippen LogP contribution is -2.29. The summed E-state index contributed by atoms with van der Waals surface area (Å²) < 4.78 is 32.6. The van der Waals surface area contributed by atoms with E-state index < -0.39 is 51.8 Å². The van der Waals surface area contributed by atoms with Crippen LogP contribution < -0.4 is 0 Å². The zero-order chi connectivity index (χ0) is 39.8. The average molecular weight is 785 g/mol. The minimum Gasteiger partial charge on any atom is -0.462 e. The number of phosphoric ester groups is 1. The fraction of sp³-hybridized carbons (Fsp3) is 0.767. The van der Waals surface area contributed by atoms with Crippen LogP contribution in [0.4, 0.5) is 0 Å². The van der Waals surface area contributed by atoms with E-state index in [4.69, 9.17) is 19.1 Å². The van der Waals surface area contributed by atoms with Crippen LogP contribution in [0.3, 0.4) is 0 Å². The molecule has 3 N–H and O–H groups in total. The van der Waals surface area contributed by atoms with Gasteiger partial charge in [-0.3, -0.25) is 18.6 Å². The predicted octanol–water partition coefficient (Wildman–Crippen LogP) is 10.9. The minimum atomic E-state index is -4.63. The Balaban J connectivity index is 4.40. The highest BCUT2D eigenvalue weighted by Crippen LogP contribution is 2.43. The first kappa shape index (κ1) is 51.9. The number of carbonyl (C=O) groups is 2. The maximum atomic E-state index is 12.6. The molecule has 0 aliphatic rings. The summed E-state index contributed by atoms with van der Waals surface area (Å²) in [7, 11) is -4.63. The normalized spacial score (nSPS) is 14.4. The van der Waals surface area contributed by atoms with Crippen molar-refractivity contribution in [1.82, 2.24) is 0 Å². The molecule has 0 fully saturated rings. The second kappa shape index (κ2) is 39.2. The van der Waals surface area contributed by atoms with Crippen molar-refractivity contribution in [2.24, 2.45) is 0 Å². The van der Waals surface area contributed by atoms with E-state index in [9.17, 15) is 24.2 Å². The van der Waals surface area contributed by atoms with E-state index in [-0.39, 0.29) is 19.4 Å². The van der Waals surface area contributed by atoms with Crippen molar-refractivity contribution in [3.8, 4) is 0 Å². The third kappa shape index (κ3) is 38.2. The molecule has 0 aliphatic carbocycles. The SMILES string of the molecule is CCCC/C=C/C/C=C/CCCCCCCC(=O)OC[C@H](COP(=O)(O)OC[C@@H](O)CO)OC(=O)CCC/C=C/C/C=C/CCCCCCCCCCC. The van der Waals surface area contributed by atoms with E-state index in [1.165, 1.54) is 70.6 Å². The standard InChI is InChI=1S/C43H77O10P/c1-3-5-7-9-11-13-15-17-19-20-21-23-25-27-29-31-33-35-43(47)53-41(39-52-54(48,49)51-37-40(45)36-44)38-50-42(46)34-32-30-28-26-24-22-18-16-14-12-10-8-6-4-2/h10,12,16,18,21,23,27,29,40-41,44-45H,3-9,11,13-15,17,19-20,22,24-26,28,30-39H2,1-2H3,(H,48,49)/b12-10+,18-16+,23-21+,29-27+/t40-,41+/m0/s1. The van der Waals surface area contributed by atoms with E-state index >= 15 is 0 Å². The van der Waals surface area contributed by atoms with Gasteiger partial charge in [0.15, 0.2) is 6.10 Å². The van der Waals surface area contributed by atoms with Crippen LogP contribution in [0.25, 0.3) is 0 Å². The fourth-order valence-corrected chi connectivity index (χ4v) is 6.19. The summed E-state index contributed by atoms with van der Waals surface area (Å²) in [5, 5.41) is 18.3. The lowest BCUT2D eigenvalue weighted by atomic mass is 10.1. The van der Waals surface area contributed by atoms with Crippen molar-refractivity contribution in [3.05, 3.63) is 48.6 Å². The molecule has 0 aromatic heterocycles. The number of hydrogen-bond acceptors (Lipinski definition) is 9. The molecular formula is C43H77O10P. The Hall–Kier alpha value is -2.07. The molecule has 0 spiro atoms. The lowest BCUT2D eigenvalue weighted by molar-refractivity contribution is -0.161. The summed E-state index contributed by atoms with van der Waals surface area (Å²) in [5.74, 6) is -0.996. The summed E-state index contributed by atoms with van der Waals surface area (Å²) in [6.07, 6.45) is 40.9. The molecule has 0 heterocycles. The molecule has 10 nitrogen and oxygen atoms in total. The van der Waals surface area contributed by atoms with E-state index in [1.807, 2.05) is 6.08 Å². The predicted molar refractivity (Wildman–Crippen MR) is 219 cm³/mol. The first-order valence-electron chi connectivity index (χ1n) is 21.1. The Morgan fingerprint density at radius 2 is 1.00 bits per heavy atom. The number of ether oxygens (including phenoxy) is 2. The number of allylic oxidation sites excluding steroid dienone is 8. The topological polar surface area (TPSA) is 149 Å². The van der Waals surface area contributed by atoms with Crippen LogP contribution in [-0.2, 0) is 32.7 Å². The largest absolute Gasteiger partial charge is 0.472 e. The molecular weight excluding hydrogens is 707 g/mol. The first-order chi connectivity index (χ1) is 26.2. The molecule has 11 heteroatoms. The minimum absolute atomic E-state index is 0.116. The molecule has 0 rings (SSSR count). The van der Waals surface area contributed by atoms with E-state index in [0.717, 1.165) is 57.8 Å². The number of unbranched alkanes of at least 4 members (excludes halogenated alkanes) is 17. The Morgan fingerprint density at radius 3 is 1.54 bits per heavy atom. The summed E-state index contributed by atoms with van der Waals surface area (Å²) in [6, 6.07) is 0. The maximum Gasteiger partial charge on any atom is 0.472 e. The van der Waals surface area contributed by atoms with Crippen LogP contribution in [0.1, 0.15) is 174 Å². The van der Waals surface area contributed by atoms with Gasteiger partial charge in [-0.1, -0.05) is 146 Å². The zero-order valence-corrected chi connectivity index (χ0v) is 34.8. The fourth-order valence-electron chi connectivity index (χ4n) is 5.40. The molecule has 314 valence electrons. The Kier molecular flexibility index (Phi) is 37.7. The Labute approximate surface area is 328 Å². The monoisotopic (exact) mass is 785 g/mol. The molecule has 0 saturated carbocycles. The molecule has 0 saturated heterocycles. The highest BCUT2D eigenvalue weighted by atomic mass is 31.2. The van der Waals surface area contributed by atoms with Gasteiger partial charge in [0.1, 0.15) is 12.7 Å². The molecule has 0 bridgehead atoms. The maximum absolute atomic E-state index is 12.6. The van der Waals surface area contributed by atoms with Crippen molar-refractivity contribution < 1.29 is 47.8 Å². The third-order valence-corrected chi connectivity index (χ3v) is 9.66. The molecule has 0 radical (unpaired) electrons. The quantitative estimate of drug-likeness (QED) is 0.0238. The Morgan fingerprint density at radius 1 is 0.556 bits per heavy atom. The van der Waals surface area contributed by atoms with Gasteiger partial charge in [-0.25, -0.2) is 4.57 Å². The molecule has 3 atom stereocenters.